The van der Waals surface area contributed by atoms with Gasteiger partial charge in [0.15, 0.2) is 0 Å². The SMILES string of the molecule is CCOC(=O)C(=O)c1ccc2c(c1O)CCN2C. The number of aromatic hydroxyl groups is 1. The molecule has 0 saturated heterocycles. The molecule has 0 aromatic heterocycles. The highest BCUT2D eigenvalue weighted by Crippen LogP contribution is 2.36. The predicted octanol–water partition coefficient (Wildman–Crippen LogP) is 1.13. The van der Waals surface area contributed by atoms with Crippen molar-refractivity contribution in [2.45, 2.75) is 13.3 Å². The Kier molecular flexibility index (Phi) is 3.23. The van der Waals surface area contributed by atoms with Crippen LogP contribution in [0.15, 0.2) is 12.1 Å². The molecule has 0 saturated carbocycles. The Labute approximate surface area is 105 Å². The molecule has 5 nitrogen and oxygen atoms in total. The number of phenolic OH excluding ortho intramolecular Hbond substituents is 1. The molecule has 0 spiro atoms. The Morgan fingerprint density at radius 2 is 2.17 bits per heavy atom. The van der Waals surface area contributed by atoms with Crippen molar-refractivity contribution < 1.29 is 19.4 Å². The summed E-state index contributed by atoms with van der Waals surface area (Å²) in [6.07, 6.45) is 0.668. The van der Waals surface area contributed by atoms with Gasteiger partial charge in [-0.05, 0) is 25.5 Å². The Hall–Kier alpha value is -2.04. The van der Waals surface area contributed by atoms with Crippen molar-refractivity contribution in [1.29, 1.82) is 0 Å². The normalized spacial score (nSPS) is 13.3. The second kappa shape index (κ2) is 4.68. The van der Waals surface area contributed by atoms with Crippen molar-refractivity contribution >= 4 is 17.4 Å². The predicted molar refractivity (Wildman–Crippen MR) is 66.0 cm³/mol. The summed E-state index contributed by atoms with van der Waals surface area (Å²) in [5.41, 5.74) is 1.63. The number of hydrogen-bond donors (Lipinski definition) is 1. The summed E-state index contributed by atoms with van der Waals surface area (Å²) < 4.78 is 4.64. The topological polar surface area (TPSA) is 66.8 Å². The summed E-state index contributed by atoms with van der Waals surface area (Å²) in [5.74, 6) is -1.83. The van der Waals surface area contributed by atoms with E-state index in [1.54, 1.807) is 13.0 Å². The molecule has 0 unspecified atom stereocenters. The van der Waals surface area contributed by atoms with Crippen LogP contribution in [0.25, 0.3) is 0 Å². The molecule has 0 bridgehead atoms. The van der Waals surface area contributed by atoms with Crippen LogP contribution in [-0.2, 0) is 16.0 Å². The first-order valence-electron chi connectivity index (χ1n) is 5.83. The van der Waals surface area contributed by atoms with Crippen molar-refractivity contribution in [2.75, 3.05) is 25.1 Å². The summed E-state index contributed by atoms with van der Waals surface area (Å²) in [6.45, 7) is 2.56. The number of phenols is 1. The minimum absolute atomic E-state index is 0.0162. The summed E-state index contributed by atoms with van der Waals surface area (Å²) >= 11 is 0. The quantitative estimate of drug-likeness (QED) is 0.494. The maximum absolute atomic E-state index is 11.8. The second-order valence-corrected chi connectivity index (χ2v) is 4.18. The van der Waals surface area contributed by atoms with Gasteiger partial charge in [0.25, 0.3) is 5.78 Å². The third kappa shape index (κ3) is 1.92. The van der Waals surface area contributed by atoms with Gasteiger partial charge in [-0.15, -0.1) is 0 Å². The van der Waals surface area contributed by atoms with E-state index in [1.165, 1.54) is 6.07 Å². The molecule has 18 heavy (non-hydrogen) atoms. The molecule has 1 aliphatic heterocycles. The Balaban J connectivity index is 2.37. The van der Waals surface area contributed by atoms with Gasteiger partial charge in [-0.25, -0.2) is 4.79 Å². The number of rotatable bonds is 3. The molecule has 2 rings (SSSR count). The van der Waals surface area contributed by atoms with Crippen molar-refractivity contribution in [2.24, 2.45) is 0 Å². The average Bonchev–Trinajstić information content (AvgIpc) is 2.72. The number of fused-ring (bicyclic) bond motifs is 1. The number of ketones is 1. The average molecular weight is 249 g/mol. The van der Waals surface area contributed by atoms with Gasteiger partial charge in [0.05, 0.1) is 12.2 Å². The van der Waals surface area contributed by atoms with Crippen molar-refractivity contribution in [3.63, 3.8) is 0 Å². The third-order valence-electron chi connectivity index (χ3n) is 3.07. The number of esters is 1. The van der Waals surface area contributed by atoms with Gasteiger partial charge in [-0.2, -0.15) is 0 Å². The minimum atomic E-state index is -0.931. The number of hydrogen-bond acceptors (Lipinski definition) is 5. The first-order chi connectivity index (χ1) is 8.56. The maximum Gasteiger partial charge on any atom is 0.379 e. The highest BCUT2D eigenvalue weighted by atomic mass is 16.5. The first-order valence-corrected chi connectivity index (χ1v) is 5.83. The van der Waals surface area contributed by atoms with Crippen LogP contribution in [0.1, 0.15) is 22.8 Å². The van der Waals surface area contributed by atoms with Crippen LogP contribution in [0.5, 0.6) is 5.75 Å². The fourth-order valence-electron chi connectivity index (χ4n) is 2.12. The fourth-order valence-corrected chi connectivity index (χ4v) is 2.12. The smallest absolute Gasteiger partial charge is 0.379 e. The molecule has 1 aliphatic rings. The standard InChI is InChI=1S/C13H15NO4/c1-3-18-13(17)12(16)9-4-5-10-8(11(9)15)6-7-14(10)2/h4-5,15H,3,6-7H2,1-2H3. The molecule has 0 atom stereocenters. The molecule has 0 radical (unpaired) electrons. The van der Waals surface area contributed by atoms with Gasteiger partial charge in [0, 0.05) is 24.8 Å². The van der Waals surface area contributed by atoms with Crippen LogP contribution < -0.4 is 4.90 Å². The molecule has 5 heteroatoms. The van der Waals surface area contributed by atoms with Gasteiger partial charge in [-0.1, -0.05) is 0 Å². The largest absolute Gasteiger partial charge is 0.507 e. The van der Waals surface area contributed by atoms with Crippen LogP contribution in [0, 0.1) is 0 Å². The van der Waals surface area contributed by atoms with Crippen LogP contribution >= 0.6 is 0 Å². The lowest BCUT2D eigenvalue weighted by atomic mass is 10.0. The van der Waals surface area contributed by atoms with Gasteiger partial charge in [0.1, 0.15) is 5.75 Å². The van der Waals surface area contributed by atoms with Crippen LogP contribution in [0.3, 0.4) is 0 Å². The molecule has 1 N–H and O–H groups in total. The Morgan fingerprint density at radius 3 is 2.83 bits per heavy atom. The lowest BCUT2D eigenvalue weighted by Crippen LogP contribution is -2.18. The van der Waals surface area contributed by atoms with E-state index in [0.29, 0.717) is 12.0 Å². The van der Waals surface area contributed by atoms with Crippen LogP contribution in [0.2, 0.25) is 0 Å². The third-order valence-corrected chi connectivity index (χ3v) is 3.07. The summed E-state index contributed by atoms with van der Waals surface area (Å²) in [6, 6.07) is 3.21. The summed E-state index contributed by atoms with van der Waals surface area (Å²) in [4.78, 5) is 25.1. The van der Waals surface area contributed by atoms with Gasteiger partial charge in [0.2, 0.25) is 0 Å². The van der Waals surface area contributed by atoms with Crippen molar-refractivity contribution in [3.05, 3.63) is 23.3 Å². The number of carbonyl (C=O) groups excluding carboxylic acids is 2. The van der Waals surface area contributed by atoms with E-state index >= 15 is 0 Å². The highest BCUT2D eigenvalue weighted by molar-refractivity contribution is 6.41. The number of ether oxygens (including phenoxy) is 1. The number of Topliss-reactive ketones (excluding diaryl/α,β-unsaturated/α-hetero) is 1. The van der Waals surface area contributed by atoms with Gasteiger partial charge in [-0.3, -0.25) is 4.79 Å². The van der Waals surface area contributed by atoms with E-state index in [9.17, 15) is 14.7 Å². The molecule has 0 fully saturated rings. The van der Waals surface area contributed by atoms with E-state index in [4.69, 9.17) is 0 Å². The lowest BCUT2D eigenvalue weighted by Gasteiger charge is -2.13. The number of nitrogens with zero attached hydrogens (tertiary/aromatic N) is 1. The zero-order valence-corrected chi connectivity index (χ0v) is 10.4. The molecule has 0 aliphatic carbocycles. The van der Waals surface area contributed by atoms with E-state index in [2.05, 4.69) is 4.74 Å². The zero-order chi connectivity index (χ0) is 13.3. The Bertz CT molecular complexity index is 510. The number of carbonyl (C=O) groups is 2. The summed E-state index contributed by atoms with van der Waals surface area (Å²) in [7, 11) is 1.91. The minimum Gasteiger partial charge on any atom is -0.507 e. The van der Waals surface area contributed by atoms with Crippen molar-refractivity contribution in [1.82, 2.24) is 0 Å². The number of anilines is 1. The van der Waals surface area contributed by atoms with Gasteiger partial charge < -0.3 is 14.7 Å². The number of benzene rings is 1. The monoisotopic (exact) mass is 249 g/mol. The first kappa shape index (κ1) is 12.4. The second-order valence-electron chi connectivity index (χ2n) is 4.18. The van der Waals surface area contributed by atoms with Crippen LogP contribution in [0.4, 0.5) is 5.69 Å². The molecule has 96 valence electrons. The summed E-state index contributed by atoms with van der Waals surface area (Å²) in [5, 5.41) is 10.1. The van der Waals surface area contributed by atoms with E-state index in [1.807, 2.05) is 11.9 Å². The lowest BCUT2D eigenvalue weighted by molar-refractivity contribution is -0.137. The molecular weight excluding hydrogens is 234 g/mol. The fraction of sp³-hybridized carbons (Fsp3) is 0.385. The van der Waals surface area contributed by atoms with E-state index in [0.717, 1.165) is 12.2 Å². The van der Waals surface area contributed by atoms with E-state index in [-0.39, 0.29) is 17.9 Å². The van der Waals surface area contributed by atoms with E-state index < -0.39 is 11.8 Å². The molecule has 1 aromatic carbocycles. The number of likely N-dealkylation sites (N-methyl/N-ethyl adjacent to an activating group) is 1. The Morgan fingerprint density at radius 1 is 1.44 bits per heavy atom. The molecular formula is C13H15NO4. The molecule has 0 amide bonds. The van der Waals surface area contributed by atoms with Crippen LogP contribution in [-0.4, -0.2) is 37.1 Å². The van der Waals surface area contributed by atoms with Gasteiger partial charge >= 0.3 is 5.97 Å². The highest BCUT2D eigenvalue weighted by Gasteiger charge is 2.27. The van der Waals surface area contributed by atoms with Crippen molar-refractivity contribution in [3.8, 4) is 5.75 Å². The molecule has 1 aromatic rings. The maximum atomic E-state index is 11.8. The zero-order valence-electron chi connectivity index (χ0n) is 10.4. The molecule has 1 heterocycles.